The van der Waals surface area contributed by atoms with Gasteiger partial charge in [-0.3, -0.25) is 14.1 Å². The third-order valence-electron chi connectivity index (χ3n) is 4.43. The van der Waals surface area contributed by atoms with Gasteiger partial charge in [0.1, 0.15) is 6.04 Å². The summed E-state index contributed by atoms with van der Waals surface area (Å²) in [4.78, 5) is 23.7. The Kier molecular flexibility index (Phi) is 10.7. The van der Waals surface area contributed by atoms with Gasteiger partial charge in [0.25, 0.3) is 10.1 Å². The van der Waals surface area contributed by atoms with Crippen molar-refractivity contribution in [1.82, 2.24) is 10.6 Å². The van der Waals surface area contributed by atoms with Gasteiger partial charge >= 0.3 is 0 Å². The molecule has 146 valence electrons. The molecule has 1 saturated heterocycles. The zero-order valence-electron chi connectivity index (χ0n) is 15.0. The van der Waals surface area contributed by atoms with Crippen molar-refractivity contribution in [3.8, 4) is 0 Å². The molecule has 2 amide bonds. The molecule has 1 fully saturated rings. The van der Waals surface area contributed by atoms with Crippen LogP contribution < -0.4 is 10.6 Å². The normalized spacial score (nSPS) is 18.4. The molecule has 1 aliphatic heterocycles. The molecule has 1 rings (SSSR count). The highest BCUT2D eigenvalue weighted by Crippen LogP contribution is 2.11. The fraction of sp³-hybridized carbons (Fsp3) is 0.882. The molecule has 1 heterocycles. The number of rotatable bonds is 12. The SMILES string of the molecule is O=C(CCCCCCCCCCS(=O)(=O)O)N[C@H]1CCCCNC1=O. The maximum absolute atomic E-state index is 11.9. The number of hydrogen-bond donors (Lipinski definition) is 3. The average molecular weight is 377 g/mol. The van der Waals surface area contributed by atoms with Gasteiger partial charge in [-0.05, 0) is 32.1 Å². The van der Waals surface area contributed by atoms with Gasteiger partial charge < -0.3 is 10.6 Å². The molecular formula is C17H32N2O5S. The van der Waals surface area contributed by atoms with Crippen LogP contribution in [0, 0.1) is 0 Å². The second-order valence-corrected chi connectivity index (χ2v) is 8.34. The van der Waals surface area contributed by atoms with Crippen LogP contribution in [0.15, 0.2) is 0 Å². The lowest BCUT2D eigenvalue weighted by atomic mass is 10.1. The average Bonchev–Trinajstić information content (AvgIpc) is 2.73. The van der Waals surface area contributed by atoms with Crippen LogP contribution in [0.1, 0.15) is 77.0 Å². The Labute approximate surface area is 151 Å². The topological polar surface area (TPSA) is 113 Å². The van der Waals surface area contributed by atoms with Crippen LogP contribution >= 0.6 is 0 Å². The molecule has 0 unspecified atom stereocenters. The first-order chi connectivity index (χ1) is 11.9. The monoisotopic (exact) mass is 376 g/mol. The fourth-order valence-electron chi connectivity index (χ4n) is 2.97. The van der Waals surface area contributed by atoms with Crippen molar-refractivity contribution in [2.75, 3.05) is 12.3 Å². The molecular weight excluding hydrogens is 344 g/mol. The Bertz CT molecular complexity index is 507. The number of hydrogen-bond acceptors (Lipinski definition) is 4. The van der Waals surface area contributed by atoms with Gasteiger partial charge in [0.05, 0.1) is 5.75 Å². The molecule has 25 heavy (non-hydrogen) atoms. The molecule has 3 N–H and O–H groups in total. The van der Waals surface area contributed by atoms with E-state index in [1.54, 1.807) is 0 Å². The van der Waals surface area contributed by atoms with Gasteiger partial charge in [0.15, 0.2) is 0 Å². The van der Waals surface area contributed by atoms with Crippen LogP contribution in [-0.2, 0) is 19.7 Å². The van der Waals surface area contributed by atoms with Crippen LogP contribution in [0.5, 0.6) is 0 Å². The summed E-state index contributed by atoms with van der Waals surface area (Å²) in [6.45, 7) is 0.695. The number of nitrogens with one attached hydrogen (secondary N) is 2. The summed E-state index contributed by atoms with van der Waals surface area (Å²) in [6.07, 6.45) is 10.3. The molecule has 7 nitrogen and oxygen atoms in total. The highest BCUT2D eigenvalue weighted by atomic mass is 32.2. The van der Waals surface area contributed by atoms with Gasteiger partial charge in [-0.25, -0.2) is 0 Å². The fourth-order valence-corrected chi connectivity index (χ4v) is 3.54. The molecule has 8 heteroatoms. The Hall–Kier alpha value is -1.15. The lowest BCUT2D eigenvalue weighted by Gasteiger charge is -2.15. The van der Waals surface area contributed by atoms with Crippen molar-refractivity contribution in [2.45, 2.75) is 83.1 Å². The van der Waals surface area contributed by atoms with E-state index in [0.29, 0.717) is 19.4 Å². The van der Waals surface area contributed by atoms with E-state index in [0.717, 1.165) is 64.2 Å². The molecule has 0 saturated carbocycles. The van der Waals surface area contributed by atoms with Crippen LogP contribution in [0.4, 0.5) is 0 Å². The minimum atomic E-state index is -3.82. The summed E-state index contributed by atoms with van der Waals surface area (Å²) in [5, 5.41) is 5.64. The zero-order chi connectivity index (χ0) is 18.5. The van der Waals surface area contributed by atoms with Crippen LogP contribution in [-0.4, -0.2) is 43.1 Å². The Morgan fingerprint density at radius 2 is 1.64 bits per heavy atom. The van der Waals surface area contributed by atoms with Gasteiger partial charge in [0, 0.05) is 13.0 Å². The van der Waals surface area contributed by atoms with Gasteiger partial charge in [0.2, 0.25) is 11.8 Å². The van der Waals surface area contributed by atoms with Crippen LogP contribution in [0.2, 0.25) is 0 Å². The summed E-state index contributed by atoms with van der Waals surface area (Å²) in [6, 6.07) is -0.377. The highest BCUT2D eigenvalue weighted by Gasteiger charge is 2.21. The van der Waals surface area contributed by atoms with Crippen molar-refractivity contribution in [1.29, 1.82) is 0 Å². The third-order valence-corrected chi connectivity index (χ3v) is 5.23. The third kappa shape index (κ3) is 11.9. The predicted molar refractivity (Wildman–Crippen MR) is 96.8 cm³/mol. The van der Waals surface area contributed by atoms with Gasteiger partial charge in [-0.15, -0.1) is 0 Å². The van der Waals surface area contributed by atoms with E-state index in [-0.39, 0.29) is 23.6 Å². The Morgan fingerprint density at radius 3 is 2.28 bits per heavy atom. The largest absolute Gasteiger partial charge is 0.354 e. The molecule has 0 bridgehead atoms. The van der Waals surface area contributed by atoms with Crippen molar-refractivity contribution in [3.05, 3.63) is 0 Å². The van der Waals surface area contributed by atoms with E-state index in [4.69, 9.17) is 4.55 Å². The first kappa shape index (κ1) is 21.9. The molecule has 0 spiro atoms. The van der Waals surface area contributed by atoms with Crippen LogP contribution in [0.25, 0.3) is 0 Å². The lowest BCUT2D eigenvalue weighted by Crippen LogP contribution is -2.45. The number of amides is 2. The second-order valence-electron chi connectivity index (χ2n) is 6.77. The molecule has 1 atom stereocenters. The Balaban J connectivity index is 1.95. The smallest absolute Gasteiger partial charge is 0.264 e. The first-order valence-electron chi connectivity index (χ1n) is 9.41. The first-order valence-corrected chi connectivity index (χ1v) is 11.0. The highest BCUT2D eigenvalue weighted by molar-refractivity contribution is 7.85. The minimum absolute atomic E-state index is 0.0488. The van der Waals surface area contributed by atoms with E-state index >= 15 is 0 Å². The molecule has 1 aliphatic rings. The second kappa shape index (κ2) is 12.2. The van der Waals surface area contributed by atoms with E-state index in [9.17, 15) is 18.0 Å². The van der Waals surface area contributed by atoms with Crippen molar-refractivity contribution >= 4 is 21.9 Å². The minimum Gasteiger partial charge on any atom is -0.354 e. The quantitative estimate of drug-likeness (QED) is 0.357. The summed E-state index contributed by atoms with van der Waals surface area (Å²) >= 11 is 0. The van der Waals surface area contributed by atoms with E-state index in [1.165, 1.54) is 0 Å². The van der Waals surface area contributed by atoms with Gasteiger partial charge in [-0.1, -0.05) is 38.5 Å². The molecule has 0 aromatic carbocycles. The maximum atomic E-state index is 11.9. The van der Waals surface area contributed by atoms with E-state index in [1.807, 2.05) is 0 Å². The van der Waals surface area contributed by atoms with E-state index < -0.39 is 10.1 Å². The van der Waals surface area contributed by atoms with Crippen molar-refractivity contribution in [3.63, 3.8) is 0 Å². The van der Waals surface area contributed by atoms with Crippen molar-refractivity contribution < 1.29 is 22.6 Å². The predicted octanol–water partition coefficient (Wildman–Crippen LogP) is 2.17. The standard InChI is InChI=1S/C17H32N2O5S/c20-16(19-15-11-8-9-13-18-17(15)21)12-7-5-3-1-2-4-6-10-14-25(22,23)24/h15H,1-14H2,(H,18,21)(H,19,20)(H,22,23,24)/t15-/m0/s1. The number of carbonyl (C=O) groups excluding carboxylic acids is 2. The summed E-state index contributed by atoms with van der Waals surface area (Å²) in [7, 11) is -3.82. The molecule has 0 radical (unpaired) electrons. The number of carbonyl (C=O) groups is 2. The van der Waals surface area contributed by atoms with E-state index in [2.05, 4.69) is 10.6 Å². The van der Waals surface area contributed by atoms with Gasteiger partial charge in [-0.2, -0.15) is 8.42 Å². The number of unbranched alkanes of at least 4 members (excludes halogenated alkanes) is 7. The van der Waals surface area contributed by atoms with Crippen LogP contribution in [0.3, 0.4) is 0 Å². The van der Waals surface area contributed by atoms with Crippen molar-refractivity contribution in [2.24, 2.45) is 0 Å². The molecule has 0 aromatic heterocycles. The molecule has 0 aliphatic carbocycles. The maximum Gasteiger partial charge on any atom is 0.264 e. The summed E-state index contributed by atoms with van der Waals surface area (Å²) in [5.41, 5.74) is 0. The molecule has 0 aromatic rings. The Morgan fingerprint density at radius 1 is 1.04 bits per heavy atom. The summed E-state index contributed by atoms with van der Waals surface area (Å²) in [5.74, 6) is -0.270. The summed E-state index contributed by atoms with van der Waals surface area (Å²) < 4.78 is 29.7. The zero-order valence-corrected chi connectivity index (χ0v) is 15.8. The lowest BCUT2D eigenvalue weighted by molar-refractivity contribution is -0.128.